The summed E-state index contributed by atoms with van der Waals surface area (Å²) in [5.41, 5.74) is 1.05. The zero-order valence-corrected chi connectivity index (χ0v) is 18.7. The smallest absolute Gasteiger partial charge is 0.191 e. The van der Waals surface area contributed by atoms with Crippen molar-refractivity contribution in [3.05, 3.63) is 23.8 Å². The maximum atomic E-state index is 9.18. The Morgan fingerprint density at radius 2 is 1.85 bits per heavy atom. The van der Waals surface area contributed by atoms with Crippen molar-refractivity contribution in [3.63, 3.8) is 0 Å². The van der Waals surface area contributed by atoms with Crippen LogP contribution in [0.4, 0.5) is 0 Å². The summed E-state index contributed by atoms with van der Waals surface area (Å²) in [6, 6.07) is 5.82. The topological polar surface area (TPSA) is 75.1 Å². The van der Waals surface area contributed by atoms with Gasteiger partial charge < -0.3 is 25.2 Å². The average Bonchev–Trinajstić information content (AvgIpc) is 2.63. The third kappa shape index (κ3) is 8.93. The number of rotatable bonds is 11. The monoisotopic (exact) mass is 479 g/mol. The molecule has 1 rings (SSSR count). The number of methoxy groups -OCH3 is 2. The lowest BCUT2D eigenvalue weighted by Gasteiger charge is -2.18. The van der Waals surface area contributed by atoms with Crippen molar-refractivity contribution >= 4 is 29.9 Å². The fraction of sp³-hybridized carbons (Fsp3) is 0.632. The van der Waals surface area contributed by atoms with Gasteiger partial charge in [0, 0.05) is 19.7 Å². The highest BCUT2D eigenvalue weighted by Gasteiger charge is 2.09. The van der Waals surface area contributed by atoms with Gasteiger partial charge in [0.2, 0.25) is 0 Å². The van der Waals surface area contributed by atoms with Gasteiger partial charge in [0.15, 0.2) is 17.5 Å². The van der Waals surface area contributed by atoms with Gasteiger partial charge >= 0.3 is 0 Å². The van der Waals surface area contributed by atoms with E-state index in [0.717, 1.165) is 43.9 Å². The minimum atomic E-state index is 0. The molecule has 3 N–H and O–H groups in total. The third-order valence-electron chi connectivity index (χ3n) is 4.00. The first-order valence-corrected chi connectivity index (χ1v) is 9.02. The number of aliphatic hydroxyl groups excluding tert-OH is 1. The third-order valence-corrected chi connectivity index (χ3v) is 4.00. The molecule has 0 saturated carbocycles. The van der Waals surface area contributed by atoms with Crippen LogP contribution in [-0.2, 0) is 6.54 Å². The molecule has 6 nitrogen and oxygen atoms in total. The van der Waals surface area contributed by atoms with Crippen LogP contribution in [0.2, 0.25) is 0 Å². The second-order valence-corrected chi connectivity index (χ2v) is 5.93. The van der Waals surface area contributed by atoms with Crippen molar-refractivity contribution in [1.82, 2.24) is 10.6 Å². The summed E-state index contributed by atoms with van der Waals surface area (Å²) in [5.74, 6) is 2.67. The average molecular weight is 479 g/mol. The highest BCUT2D eigenvalue weighted by Crippen LogP contribution is 2.27. The van der Waals surface area contributed by atoms with Crippen molar-refractivity contribution in [2.24, 2.45) is 10.9 Å². The Kier molecular flexibility index (Phi) is 14.2. The van der Waals surface area contributed by atoms with Crippen LogP contribution in [0.1, 0.15) is 38.7 Å². The first kappa shape index (κ1) is 24.8. The maximum absolute atomic E-state index is 9.18. The number of benzene rings is 1. The molecular weight excluding hydrogens is 445 g/mol. The quantitative estimate of drug-likeness (QED) is 0.258. The Morgan fingerprint density at radius 1 is 1.12 bits per heavy atom. The van der Waals surface area contributed by atoms with E-state index in [-0.39, 0.29) is 30.6 Å². The van der Waals surface area contributed by atoms with Crippen LogP contribution >= 0.6 is 24.0 Å². The zero-order chi connectivity index (χ0) is 18.5. The van der Waals surface area contributed by atoms with Crippen LogP contribution in [0.5, 0.6) is 11.5 Å². The molecule has 0 bridgehead atoms. The summed E-state index contributed by atoms with van der Waals surface area (Å²) in [6.45, 7) is 6.60. The maximum Gasteiger partial charge on any atom is 0.191 e. The van der Waals surface area contributed by atoms with E-state index >= 15 is 0 Å². The zero-order valence-electron chi connectivity index (χ0n) is 16.4. The molecule has 150 valence electrons. The van der Waals surface area contributed by atoms with Crippen molar-refractivity contribution < 1.29 is 14.6 Å². The molecule has 1 aromatic rings. The number of hydrogen-bond donors (Lipinski definition) is 3. The molecule has 0 aliphatic carbocycles. The number of nitrogens with one attached hydrogen (secondary N) is 2. The molecular formula is C19H34IN3O3. The first-order chi connectivity index (χ1) is 12.2. The summed E-state index contributed by atoms with van der Waals surface area (Å²) in [6.07, 6.45) is 3.03. The Labute approximate surface area is 174 Å². The lowest BCUT2D eigenvalue weighted by molar-refractivity contribution is 0.251. The van der Waals surface area contributed by atoms with E-state index in [0.29, 0.717) is 24.0 Å². The molecule has 1 atom stereocenters. The second kappa shape index (κ2) is 14.9. The van der Waals surface area contributed by atoms with E-state index in [2.05, 4.69) is 22.5 Å². The van der Waals surface area contributed by atoms with Gasteiger partial charge in [-0.1, -0.05) is 19.4 Å². The molecule has 0 radical (unpaired) electrons. The van der Waals surface area contributed by atoms with Crippen LogP contribution in [0.25, 0.3) is 0 Å². The van der Waals surface area contributed by atoms with E-state index in [9.17, 15) is 5.11 Å². The fourth-order valence-electron chi connectivity index (χ4n) is 2.67. The normalized spacial score (nSPS) is 12.1. The first-order valence-electron chi connectivity index (χ1n) is 9.02. The summed E-state index contributed by atoms with van der Waals surface area (Å²) < 4.78 is 10.6. The van der Waals surface area contributed by atoms with Crippen molar-refractivity contribution in [3.8, 4) is 11.5 Å². The minimum Gasteiger partial charge on any atom is -0.493 e. The van der Waals surface area contributed by atoms with Gasteiger partial charge in [0.25, 0.3) is 0 Å². The molecule has 26 heavy (non-hydrogen) atoms. The van der Waals surface area contributed by atoms with Gasteiger partial charge in [-0.3, -0.25) is 0 Å². The van der Waals surface area contributed by atoms with E-state index in [4.69, 9.17) is 9.47 Å². The summed E-state index contributed by atoms with van der Waals surface area (Å²) >= 11 is 0. The molecule has 0 amide bonds. The number of halogens is 1. The predicted molar refractivity (Wildman–Crippen MR) is 118 cm³/mol. The highest BCUT2D eigenvalue weighted by atomic mass is 127. The van der Waals surface area contributed by atoms with Crippen molar-refractivity contribution in [1.29, 1.82) is 0 Å². The van der Waals surface area contributed by atoms with Crippen LogP contribution in [0.15, 0.2) is 23.2 Å². The number of guanidine groups is 1. The molecule has 1 aromatic carbocycles. The molecule has 0 aliphatic heterocycles. The number of aliphatic hydroxyl groups is 1. The Balaban J connectivity index is 0.00000625. The van der Waals surface area contributed by atoms with Gasteiger partial charge in [-0.05, 0) is 43.4 Å². The standard InChI is InChI=1S/C19H33N3O3.HI/c1-5-7-15(10-11-23)13-21-19(20-6-2)22-14-16-8-9-17(24-3)18(12-16)25-4;/h8-9,12,15,23H,5-7,10-11,13-14H2,1-4H3,(H2,20,21,22);1H. The summed E-state index contributed by atoms with van der Waals surface area (Å²) in [4.78, 5) is 4.64. The lowest BCUT2D eigenvalue weighted by Crippen LogP contribution is -2.40. The molecule has 0 aromatic heterocycles. The van der Waals surface area contributed by atoms with Crippen LogP contribution in [0.3, 0.4) is 0 Å². The molecule has 0 spiro atoms. The fourth-order valence-corrected chi connectivity index (χ4v) is 2.67. The number of aliphatic imine (C=N–C) groups is 1. The Bertz CT molecular complexity index is 521. The van der Waals surface area contributed by atoms with E-state index < -0.39 is 0 Å². The summed E-state index contributed by atoms with van der Waals surface area (Å²) in [5, 5.41) is 15.8. The Morgan fingerprint density at radius 3 is 2.42 bits per heavy atom. The minimum absolute atomic E-state index is 0. The summed E-state index contributed by atoms with van der Waals surface area (Å²) in [7, 11) is 3.26. The number of hydrogen-bond acceptors (Lipinski definition) is 4. The SMILES string of the molecule is CCCC(CCO)CNC(=NCc1ccc(OC)c(OC)c1)NCC.I. The number of ether oxygens (including phenoxy) is 2. The number of nitrogens with zero attached hydrogens (tertiary/aromatic N) is 1. The molecule has 7 heteroatoms. The van der Waals surface area contributed by atoms with Crippen LogP contribution in [-0.4, -0.2) is 45.0 Å². The van der Waals surface area contributed by atoms with Gasteiger partial charge in [-0.25, -0.2) is 4.99 Å². The van der Waals surface area contributed by atoms with Gasteiger partial charge in [-0.15, -0.1) is 24.0 Å². The van der Waals surface area contributed by atoms with Gasteiger partial charge in [0.05, 0.1) is 20.8 Å². The van der Waals surface area contributed by atoms with Gasteiger partial charge in [-0.2, -0.15) is 0 Å². The molecule has 0 heterocycles. The largest absolute Gasteiger partial charge is 0.493 e. The molecule has 0 fully saturated rings. The lowest BCUT2D eigenvalue weighted by atomic mass is 10.0. The van der Waals surface area contributed by atoms with E-state index in [1.54, 1.807) is 14.2 Å². The highest BCUT2D eigenvalue weighted by molar-refractivity contribution is 14.0. The molecule has 0 saturated heterocycles. The van der Waals surface area contributed by atoms with Crippen molar-refractivity contribution in [2.75, 3.05) is 33.9 Å². The van der Waals surface area contributed by atoms with Crippen molar-refractivity contribution in [2.45, 2.75) is 39.7 Å². The Hall–Kier alpha value is -1.22. The van der Waals surface area contributed by atoms with E-state index in [1.807, 2.05) is 25.1 Å². The van der Waals surface area contributed by atoms with Crippen LogP contribution in [0, 0.1) is 5.92 Å². The molecule has 1 unspecified atom stereocenters. The predicted octanol–water partition coefficient (Wildman–Crippen LogP) is 3.18. The second-order valence-electron chi connectivity index (χ2n) is 5.93. The van der Waals surface area contributed by atoms with Gasteiger partial charge in [0.1, 0.15) is 0 Å². The van der Waals surface area contributed by atoms with Crippen LogP contribution < -0.4 is 20.1 Å². The molecule has 0 aliphatic rings. The van der Waals surface area contributed by atoms with E-state index in [1.165, 1.54) is 0 Å².